The molecule has 0 saturated carbocycles. The third kappa shape index (κ3) is 1.55. The molecule has 0 aliphatic heterocycles. The van der Waals surface area contributed by atoms with Crippen LogP contribution in [0.15, 0.2) is 29.0 Å². The lowest BCUT2D eigenvalue weighted by Gasteiger charge is -2.02. The summed E-state index contributed by atoms with van der Waals surface area (Å²) in [5.41, 5.74) is 0.389. The van der Waals surface area contributed by atoms with Crippen LogP contribution in [0.2, 0.25) is 0 Å². The summed E-state index contributed by atoms with van der Waals surface area (Å²) in [7, 11) is 0. The zero-order valence-electron chi connectivity index (χ0n) is 7.41. The van der Waals surface area contributed by atoms with Gasteiger partial charge < -0.3 is 0 Å². The lowest BCUT2D eigenvalue weighted by Crippen LogP contribution is -1.98. The van der Waals surface area contributed by atoms with Gasteiger partial charge in [-0.05, 0) is 35.0 Å². The molecular formula is C9H7BrFN3. The molecule has 0 saturated heterocycles. The van der Waals surface area contributed by atoms with E-state index in [0.717, 1.165) is 0 Å². The fraction of sp³-hybridized carbons (Fsp3) is 0.111. The van der Waals surface area contributed by atoms with Gasteiger partial charge in [-0.2, -0.15) is 5.10 Å². The molecule has 2 rings (SSSR count). The van der Waals surface area contributed by atoms with Gasteiger partial charge in [0.1, 0.15) is 17.8 Å². The van der Waals surface area contributed by atoms with E-state index in [1.807, 2.05) is 0 Å². The Balaban J connectivity index is 2.57. The molecule has 0 atom stereocenters. The van der Waals surface area contributed by atoms with E-state index < -0.39 is 0 Å². The second-order valence-corrected chi connectivity index (χ2v) is 3.66. The number of aromatic nitrogens is 3. The SMILES string of the molecule is Cc1ncn(-c2cccc(Br)c2F)n1. The molecule has 0 amide bonds. The highest BCUT2D eigenvalue weighted by atomic mass is 79.9. The Hall–Kier alpha value is -1.23. The van der Waals surface area contributed by atoms with Crippen molar-refractivity contribution < 1.29 is 4.39 Å². The lowest BCUT2D eigenvalue weighted by atomic mass is 10.3. The number of hydrogen-bond acceptors (Lipinski definition) is 2. The summed E-state index contributed by atoms with van der Waals surface area (Å²) >= 11 is 3.11. The molecule has 1 aromatic carbocycles. The molecule has 0 bridgehead atoms. The molecule has 0 spiro atoms. The molecule has 0 aliphatic carbocycles. The Bertz CT molecular complexity index is 467. The second kappa shape index (κ2) is 3.49. The fourth-order valence-corrected chi connectivity index (χ4v) is 1.49. The summed E-state index contributed by atoms with van der Waals surface area (Å²) in [6, 6.07) is 5.04. The zero-order chi connectivity index (χ0) is 10.1. The van der Waals surface area contributed by atoms with E-state index in [0.29, 0.717) is 16.0 Å². The maximum absolute atomic E-state index is 13.6. The molecule has 2 aromatic rings. The Labute approximate surface area is 88.7 Å². The minimum atomic E-state index is -0.336. The third-order valence-corrected chi connectivity index (χ3v) is 2.40. The normalized spacial score (nSPS) is 10.5. The molecule has 0 radical (unpaired) electrons. The molecule has 0 fully saturated rings. The van der Waals surface area contributed by atoms with Crippen molar-refractivity contribution in [3.05, 3.63) is 40.6 Å². The van der Waals surface area contributed by atoms with Gasteiger partial charge >= 0.3 is 0 Å². The summed E-state index contributed by atoms with van der Waals surface area (Å²) in [6.45, 7) is 1.76. The number of hydrogen-bond donors (Lipinski definition) is 0. The summed E-state index contributed by atoms with van der Waals surface area (Å²) in [5.74, 6) is 0.279. The minimum absolute atomic E-state index is 0.336. The third-order valence-electron chi connectivity index (χ3n) is 1.78. The molecule has 1 heterocycles. The van der Waals surface area contributed by atoms with Crippen LogP contribution < -0.4 is 0 Å². The van der Waals surface area contributed by atoms with E-state index in [4.69, 9.17) is 0 Å². The average molecular weight is 256 g/mol. The van der Waals surface area contributed by atoms with Gasteiger partial charge in [-0.15, -0.1) is 0 Å². The highest BCUT2D eigenvalue weighted by Crippen LogP contribution is 2.20. The molecule has 14 heavy (non-hydrogen) atoms. The van der Waals surface area contributed by atoms with Crippen LogP contribution in [-0.2, 0) is 0 Å². The van der Waals surface area contributed by atoms with Crippen molar-refractivity contribution in [1.82, 2.24) is 14.8 Å². The van der Waals surface area contributed by atoms with Gasteiger partial charge in [0, 0.05) is 0 Å². The van der Waals surface area contributed by atoms with Crippen molar-refractivity contribution in [3.63, 3.8) is 0 Å². The van der Waals surface area contributed by atoms with Gasteiger partial charge in [-0.1, -0.05) is 6.07 Å². The van der Waals surface area contributed by atoms with Crippen LogP contribution in [0.1, 0.15) is 5.82 Å². The number of aryl methyl sites for hydroxylation is 1. The molecule has 5 heteroatoms. The number of halogens is 2. The standard InChI is InChI=1S/C9H7BrFN3/c1-6-12-5-14(13-6)8-4-2-3-7(10)9(8)11/h2-5H,1H3. The lowest BCUT2D eigenvalue weighted by molar-refractivity contribution is 0.604. The first-order valence-corrected chi connectivity index (χ1v) is 4.80. The van der Waals surface area contributed by atoms with E-state index >= 15 is 0 Å². The summed E-state index contributed by atoms with van der Waals surface area (Å²) in [4.78, 5) is 3.93. The predicted molar refractivity (Wildman–Crippen MR) is 53.8 cm³/mol. The average Bonchev–Trinajstić information content (AvgIpc) is 2.57. The van der Waals surface area contributed by atoms with Gasteiger partial charge in [0.05, 0.1) is 4.47 Å². The molecule has 0 N–H and O–H groups in total. The van der Waals surface area contributed by atoms with Crippen LogP contribution in [-0.4, -0.2) is 14.8 Å². The van der Waals surface area contributed by atoms with E-state index in [1.54, 1.807) is 25.1 Å². The molecule has 1 aromatic heterocycles. The molecule has 0 aliphatic rings. The monoisotopic (exact) mass is 255 g/mol. The Kier molecular flexibility index (Phi) is 2.33. The van der Waals surface area contributed by atoms with E-state index in [1.165, 1.54) is 11.0 Å². The number of rotatable bonds is 1. The predicted octanol–water partition coefficient (Wildman–Crippen LogP) is 2.48. The highest BCUT2D eigenvalue weighted by molar-refractivity contribution is 9.10. The van der Waals surface area contributed by atoms with Crippen LogP contribution in [0, 0.1) is 12.7 Å². The minimum Gasteiger partial charge on any atom is -0.220 e. The van der Waals surface area contributed by atoms with Crippen molar-refractivity contribution in [2.75, 3.05) is 0 Å². The maximum Gasteiger partial charge on any atom is 0.163 e. The first-order valence-electron chi connectivity index (χ1n) is 4.01. The smallest absolute Gasteiger partial charge is 0.163 e. The van der Waals surface area contributed by atoms with Gasteiger partial charge in [-0.3, -0.25) is 0 Å². The van der Waals surface area contributed by atoms with Crippen molar-refractivity contribution in [1.29, 1.82) is 0 Å². The number of nitrogens with zero attached hydrogens (tertiary/aromatic N) is 3. The zero-order valence-corrected chi connectivity index (χ0v) is 8.99. The quantitative estimate of drug-likeness (QED) is 0.784. The van der Waals surface area contributed by atoms with Gasteiger partial charge in [-0.25, -0.2) is 14.1 Å². The van der Waals surface area contributed by atoms with Crippen LogP contribution in [0.25, 0.3) is 5.69 Å². The second-order valence-electron chi connectivity index (χ2n) is 2.81. The van der Waals surface area contributed by atoms with E-state index in [2.05, 4.69) is 26.0 Å². The Morgan fingerprint density at radius 3 is 2.86 bits per heavy atom. The van der Waals surface area contributed by atoms with Crippen LogP contribution in [0.5, 0.6) is 0 Å². The van der Waals surface area contributed by atoms with Crippen molar-refractivity contribution in [2.24, 2.45) is 0 Å². The van der Waals surface area contributed by atoms with Gasteiger partial charge in [0.2, 0.25) is 0 Å². The summed E-state index contributed by atoms with van der Waals surface area (Å²) < 4.78 is 15.4. The Morgan fingerprint density at radius 2 is 2.21 bits per heavy atom. The first-order chi connectivity index (χ1) is 6.68. The topological polar surface area (TPSA) is 30.7 Å². The number of benzene rings is 1. The van der Waals surface area contributed by atoms with Crippen LogP contribution in [0.3, 0.4) is 0 Å². The summed E-state index contributed by atoms with van der Waals surface area (Å²) in [5, 5.41) is 4.03. The molecule has 0 unspecified atom stereocenters. The largest absolute Gasteiger partial charge is 0.220 e. The molecule has 3 nitrogen and oxygen atoms in total. The highest BCUT2D eigenvalue weighted by Gasteiger charge is 2.08. The van der Waals surface area contributed by atoms with Crippen molar-refractivity contribution in [2.45, 2.75) is 6.92 Å². The van der Waals surface area contributed by atoms with Crippen LogP contribution >= 0.6 is 15.9 Å². The maximum atomic E-state index is 13.6. The Morgan fingerprint density at radius 1 is 1.43 bits per heavy atom. The van der Waals surface area contributed by atoms with E-state index in [-0.39, 0.29) is 5.82 Å². The van der Waals surface area contributed by atoms with Gasteiger partial charge in [0.15, 0.2) is 5.82 Å². The molecular weight excluding hydrogens is 249 g/mol. The first kappa shape index (κ1) is 9.33. The van der Waals surface area contributed by atoms with E-state index in [9.17, 15) is 4.39 Å². The van der Waals surface area contributed by atoms with Crippen molar-refractivity contribution in [3.8, 4) is 5.69 Å². The summed E-state index contributed by atoms with van der Waals surface area (Å²) in [6.07, 6.45) is 1.49. The van der Waals surface area contributed by atoms with Gasteiger partial charge in [0.25, 0.3) is 0 Å². The van der Waals surface area contributed by atoms with Crippen LogP contribution in [0.4, 0.5) is 4.39 Å². The molecule has 72 valence electrons. The fourth-order valence-electron chi connectivity index (χ4n) is 1.13. The van der Waals surface area contributed by atoms with Crippen molar-refractivity contribution >= 4 is 15.9 Å².